The molecule has 3 heterocycles. The van der Waals surface area contributed by atoms with Crippen molar-refractivity contribution in [2.45, 2.75) is 19.9 Å². The van der Waals surface area contributed by atoms with Crippen LogP contribution in [0.4, 0.5) is 5.95 Å². The molecule has 7 heteroatoms. The Morgan fingerprint density at radius 2 is 1.92 bits per heavy atom. The van der Waals surface area contributed by atoms with Gasteiger partial charge in [0.1, 0.15) is 11.5 Å². The molecule has 1 fully saturated rings. The number of carbonyl (C=O) groups is 1. The molecule has 3 rings (SSSR count). The Labute approximate surface area is 148 Å². The first kappa shape index (κ1) is 17.4. The topological polar surface area (TPSA) is 65.7 Å². The van der Waals surface area contributed by atoms with Crippen LogP contribution in [0.1, 0.15) is 17.9 Å². The summed E-state index contributed by atoms with van der Waals surface area (Å²) in [5.41, 5.74) is 0. The molecule has 0 spiro atoms. The average molecular weight is 343 g/mol. The Kier molecular flexibility index (Phi) is 5.65. The van der Waals surface area contributed by atoms with Crippen molar-refractivity contribution >= 4 is 11.9 Å². The van der Waals surface area contributed by atoms with E-state index in [2.05, 4.69) is 19.8 Å². The number of carbonyl (C=O) groups excluding carboxylic acids is 1. The molecule has 0 N–H and O–H groups in total. The van der Waals surface area contributed by atoms with Gasteiger partial charge in [0.05, 0.1) is 6.54 Å². The summed E-state index contributed by atoms with van der Waals surface area (Å²) < 4.78 is 5.58. The van der Waals surface area contributed by atoms with Gasteiger partial charge in [-0.3, -0.25) is 9.69 Å². The molecule has 25 heavy (non-hydrogen) atoms. The number of anilines is 1. The first-order chi connectivity index (χ1) is 12.1. The van der Waals surface area contributed by atoms with E-state index in [1.165, 1.54) is 0 Å². The highest BCUT2D eigenvalue weighted by molar-refractivity contribution is 5.76. The molecule has 0 radical (unpaired) electrons. The summed E-state index contributed by atoms with van der Waals surface area (Å²) >= 11 is 0. The van der Waals surface area contributed by atoms with Gasteiger partial charge in [0.2, 0.25) is 11.9 Å². The third-order valence-corrected chi connectivity index (χ3v) is 4.40. The number of amides is 1. The second kappa shape index (κ2) is 8.11. The van der Waals surface area contributed by atoms with E-state index in [1.807, 2.05) is 37.1 Å². The van der Waals surface area contributed by atoms with Crippen LogP contribution >= 0.6 is 0 Å². The molecule has 0 unspecified atom stereocenters. The number of rotatable bonds is 6. The Morgan fingerprint density at radius 3 is 2.56 bits per heavy atom. The van der Waals surface area contributed by atoms with E-state index in [1.54, 1.807) is 12.4 Å². The predicted octanol–water partition coefficient (Wildman–Crippen LogP) is 1.55. The molecule has 0 saturated carbocycles. The zero-order chi connectivity index (χ0) is 17.6. The molecule has 2 aromatic heterocycles. The van der Waals surface area contributed by atoms with Crippen LogP contribution in [-0.4, -0.2) is 65.4 Å². The van der Waals surface area contributed by atoms with Crippen molar-refractivity contribution in [1.29, 1.82) is 0 Å². The maximum Gasteiger partial charge on any atom is 0.225 e. The van der Waals surface area contributed by atoms with Crippen LogP contribution in [0.2, 0.25) is 0 Å². The van der Waals surface area contributed by atoms with Crippen LogP contribution in [0.3, 0.4) is 0 Å². The van der Waals surface area contributed by atoms with Gasteiger partial charge in [0.25, 0.3) is 0 Å². The lowest BCUT2D eigenvalue weighted by Gasteiger charge is -2.35. The van der Waals surface area contributed by atoms with Gasteiger partial charge >= 0.3 is 0 Å². The molecule has 0 aromatic carbocycles. The SMILES string of the molecule is Cc1ccc(CN(C)CCC(=O)N2CCN(c3ncccn3)CC2)o1. The minimum Gasteiger partial charge on any atom is -0.465 e. The Balaban J connectivity index is 1.40. The molecule has 0 atom stereocenters. The summed E-state index contributed by atoms with van der Waals surface area (Å²) in [7, 11) is 2.01. The van der Waals surface area contributed by atoms with Crippen molar-refractivity contribution in [3.63, 3.8) is 0 Å². The van der Waals surface area contributed by atoms with Crippen LogP contribution in [0.5, 0.6) is 0 Å². The third-order valence-electron chi connectivity index (χ3n) is 4.40. The van der Waals surface area contributed by atoms with Gasteiger partial charge in [-0.05, 0) is 32.2 Å². The predicted molar refractivity (Wildman–Crippen MR) is 95.2 cm³/mol. The second-order valence-electron chi connectivity index (χ2n) is 6.42. The van der Waals surface area contributed by atoms with Gasteiger partial charge in [0, 0.05) is 51.5 Å². The lowest BCUT2D eigenvalue weighted by Crippen LogP contribution is -2.49. The van der Waals surface area contributed by atoms with Gasteiger partial charge < -0.3 is 14.2 Å². The van der Waals surface area contributed by atoms with Crippen molar-refractivity contribution in [2.24, 2.45) is 0 Å². The summed E-state index contributed by atoms with van der Waals surface area (Å²) in [6, 6.07) is 5.76. The fraction of sp³-hybridized carbons (Fsp3) is 0.500. The van der Waals surface area contributed by atoms with Crippen LogP contribution < -0.4 is 4.90 Å². The van der Waals surface area contributed by atoms with Crippen molar-refractivity contribution < 1.29 is 9.21 Å². The van der Waals surface area contributed by atoms with Crippen LogP contribution in [0.25, 0.3) is 0 Å². The van der Waals surface area contributed by atoms with E-state index in [0.29, 0.717) is 6.42 Å². The molecule has 1 saturated heterocycles. The number of hydrogen-bond donors (Lipinski definition) is 0. The van der Waals surface area contributed by atoms with Gasteiger partial charge in [0.15, 0.2) is 0 Å². The van der Waals surface area contributed by atoms with E-state index < -0.39 is 0 Å². The lowest BCUT2D eigenvalue weighted by molar-refractivity contribution is -0.131. The quantitative estimate of drug-likeness (QED) is 0.793. The molecule has 1 amide bonds. The van der Waals surface area contributed by atoms with Crippen molar-refractivity contribution in [1.82, 2.24) is 19.8 Å². The third kappa shape index (κ3) is 4.79. The fourth-order valence-electron chi connectivity index (χ4n) is 2.97. The molecule has 2 aromatic rings. The zero-order valence-electron chi connectivity index (χ0n) is 14.9. The first-order valence-corrected chi connectivity index (χ1v) is 8.65. The lowest BCUT2D eigenvalue weighted by atomic mass is 10.2. The number of furan rings is 1. The van der Waals surface area contributed by atoms with Crippen molar-refractivity contribution in [3.05, 3.63) is 42.1 Å². The van der Waals surface area contributed by atoms with Crippen molar-refractivity contribution in [2.75, 3.05) is 44.7 Å². The summed E-state index contributed by atoms with van der Waals surface area (Å²) in [6.45, 7) is 6.37. The smallest absolute Gasteiger partial charge is 0.225 e. The highest BCUT2D eigenvalue weighted by Gasteiger charge is 2.22. The van der Waals surface area contributed by atoms with E-state index in [-0.39, 0.29) is 5.91 Å². The van der Waals surface area contributed by atoms with E-state index in [4.69, 9.17) is 4.42 Å². The summed E-state index contributed by atoms with van der Waals surface area (Å²) in [5.74, 6) is 2.79. The highest BCUT2D eigenvalue weighted by Crippen LogP contribution is 2.12. The molecule has 0 aliphatic carbocycles. The van der Waals surface area contributed by atoms with Crippen LogP contribution in [0, 0.1) is 6.92 Å². The Morgan fingerprint density at radius 1 is 1.20 bits per heavy atom. The number of aromatic nitrogens is 2. The van der Waals surface area contributed by atoms with E-state index >= 15 is 0 Å². The molecule has 134 valence electrons. The Bertz CT molecular complexity index is 680. The first-order valence-electron chi connectivity index (χ1n) is 8.65. The molecule has 1 aliphatic heterocycles. The van der Waals surface area contributed by atoms with Crippen molar-refractivity contribution in [3.8, 4) is 0 Å². The monoisotopic (exact) mass is 343 g/mol. The maximum absolute atomic E-state index is 12.4. The normalized spacial score (nSPS) is 15.0. The highest BCUT2D eigenvalue weighted by atomic mass is 16.3. The summed E-state index contributed by atoms with van der Waals surface area (Å²) in [5, 5.41) is 0. The van der Waals surface area contributed by atoms with E-state index in [0.717, 1.165) is 56.7 Å². The standard InChI is InChI=1S/C18H25N5O2/c1-15-4-5-16(25-15)14-21(2)9-6-17(24)22-10-12-23(13-11-22)18-19-7-3-8-20-18/h3-5,7-8H,6,9-14H2,1-2H3. The number of aryl methyl sites for hydroxylation is 1. The number of piperazine rings is 1. The molecule has 1 aliphatic rings. The minimum absolute atomic E-state index is 0.205. The van der Waals surface area contributed by atoms with Gasteiger partial charge in [-0.1, -0.05) is 0 Å². The number of nitrogens with zero attached hydrogens (tertiary/aromatic N) is 5. The van der Waals surface area contributed by atoms with E-state index in [9.17, 15) is 4.79 Å². The second-order valence-corrected chi connectivity index (χ2v) is 6.42. The van der Waals surface area contributed by atoms with Crippen LogP contribution in [-0.2, 0) is 11.3 Å². The molecular formula is C18H25N5O2. The minimum atomic E-state index is 0.205. The molecule has 0 bridgehead atoms. The van der Waals surface area contributed by atoms with Crippen LogP contribution in [0.15, 0.2) is 35.0 Å². The summed E-state index contributed by atoms with van der Waals surface area (Å²) in [6.07, 6.45) is 4.02. The average Bonchev–Trinajstić information content (AvgIpc) is 3.05. The fourth-order valence-corrected chi connectivity index (χ4v) is 2.97. The largest absolute Gasteiger partial charge is 0.465 e. The van der Waals surface area contributed by atoms with Gasteiger partial charge in [-0.2, -0.15) is 0 Å². The molecular weight excluding hydrogens is 318 g/mol. The Hall–Kier alpha value is -2.41. The van der Waals surface area contributed by atoms with Gasteiger partial charge in [-0.15, -0.1) is 0 Å². The van der Waals surface area contributed by atoms with Gasteiger partial charge in [-0.25, -0.2) is 9.97 Å². The maximum atomic E-state index is 12.4. The number of hydrogen-bond acceptors (Lipinski definition) is 6. The summed E-state index contributed by atoms with van der Waals surface area (Å²) in [4.78, 5) is 27.1. The zero-order valence-corrected chi connectivity index (χ0v) is 14.9. The molecule has 7 nitrogen and oxygen atoms in total.